The maximum Gasteiger partial charge on any atom is 0.117 e. The zero-order chi connectivity index (χ0) is 20.2. The second kappa shape index (κ2) is 11.3. The normalized spacial score (nSPS) is 10.7. The minimum atomic E-state index is 0. The molecule has 0 aliphatic rings. The maximum atomic E-state index is 4.76. The van der Waals surface area contributed by atoms with Crippen LogP contribution in [0, 0.1) is 13.8 Å². The largest absolute Gasteiger partial charge is 0.367 e. The van der Waals surface area contributed by atoms with Crippen LogP contribution in [0.4, 0.5) is 5.69 Å². The Kier molecular flexibility index (Phi) is 9.12. The van der Waals surface area contributed by atoms with E-state index in [0.29, 0.717) is 0 Å². The van der Waals surface area contributed by atoms with Crippen molar-refractivity contribution < 1.29 is 0 Å². The van der Waals surface area contributed by atoms with Crippen LogP contribution in [0.2, 0.25) is 0 Å². The molecule has 0 N–H and O–H groups in total. The fourth-order valence-electron chi connectivity index (χ4n) is 3.42. The Bertz CT molecular complexity index is 1100. The van der Waals surface area contributed by atoms with Crippen LogP contribution in [-0.2, 0) is 6.54 Å². The van der Waals surface area contributed by atoms with Crippen LogP contribution in [0.25, 0.3) is 22.4 Å². The van der Waals surface area contributed by atoms with Crippen molar-refractivity contribution in [2.75, 3.05) is 11.4 Å². The molecule has 162 valence electrons. The highest BCUT2D eigenvalue weighted by atomic mass is 35.5. The van der Waals surface area contributed by atoms with Crippen LogP contribution < -0.4 is 4.90 Å². The molecule has 0 aliphatic carbocycles. The highest BCUT2D eigenvalue weighted by molar-refractivity contribution is 7.19. The zero-order valence-corrected chi connectivity index (χ0v) is 20.5. The Morgan fingerprint density at radius 2 is 1.55 bits per heavy atom. The summed E-state index contributed by atoms with van der Waals surface area (Å²) in [6, 6.07) is 23.8. The van der Waals surface area contributed by atoms with Gasteiger partial charge in [0.25, 0.3) is 0 Å². The van der Waals surface area contributed by atoms with Gasteiger partial charge in [0.15, 0.2) is 0 Å². The summed E-state index contributed by atoms with van der Waals surface area (Å²) in [5, 5.41) is 1.05. The summed E-state index contributed by atoms with van der Waals surface area (Å²) in [7, 11) is 0. The molecule has 1 aromatic heterocycles. The molecule has 1 heterocycles. The molecule has 0 fully saturated rings. The highest BCUT2D eigenvalue weighted by Gasteiger charge is 2.06. The first-order valence-corrected chi connectivity index (χ1v) is 10.9. The molecule has 4 rings (SSSR count). The van der Waals surface area contributed by atoms with Gasteiger partial charge >= 0.3 is 0 Å². The van der Waals surface area contributed by atoms with E-state index in [1.54, 1.807) is 11.3 Å². The average Bonchev–Trinajstić information content (AvgIpc) is 3.13. The molecular weight excluding hydrogens is 443 g/mol. The number of thiazole rings is 1. The third-order valence-electron chi connectivity index (χ3n) is 5.30. The third kappa shape index (κ3) is 6.10. The first-order chi connectivity index (χ1) is 14.1. The van der Waals surface area contributed by atoms with Gasteiger partial charge < -0.3 is 4.90 Å². The second-order valence-electron chi connectivity index (χ2n) is 7.38. The summed E-state index contributed by atoms with van der Waals surface area (Å²) < 4.78 is 1.25. The van der Waals surface area contributed by atoms with Crippen molar-refractivity contribution in [3.63, 3.8) is 0 Å². The predicted octanol–water partition coefficient (Wildman–Crippen LogP) is 7.95. The van der Waals surface area contributed by atoms with Crippen LogP contribution in [-0.4, -0.2) is 11.5 Å². The lowest BCUT2D eigenvalue weighted by molar-refractivity contribution is 0.832. The van der Waals surface area contributed by atoms with Crippen LogP contribution >= 0.6 is 36.2 Å². The summed E-state index contributed by atoms with van der Waals surface area (Å²) >= 11 is 1.75. The van der Waals surface area contributed by atoms with Gasteiger partial charge in [0.2, 0.25) is 0 Å². The molecule has 3 aromatic carbocycles. The Labute approximate surface area is 201 Å². The first-order valence-electron chi connectivity index (χ1n) is 10.1. The number of hydrogen-bond donors (Lipinski definition) is 0. The van der Waals surface area contributed by atoms with E-state index < -0.39 is 0 Å². The van der Waals surface area contributed by atoms with Gasteiger partial charge in [-0.3, -0.25) is 0 Å². The van der Waals surface area contributed by atoms with Crippen molar-refractivity contribution in [2.45, 2.75) is 27.3 Å². The molecule has 0 atom stereocenters. The molecule has 0 aliphatic heterocycles. The van der Waals surface area contributed by atoms with Crippen molar-refractivity contribution in [1.29, 1.82) is 0 Å². The molecule has 2 nitrogen and oxygen atoms in total. The standard InChI is InChI=1S/C26H26N2S.2ClH/c1-4-28(18-22-8-6-5-7-9-22)23-13-10-21(11-14-23)12-15-26-27-24-16-19(2)20(3)17-25(24)29-26;;/h5-17H,4,18H2,1-3H3;2*1H. The van der Waals surface area contributed by atoms with Crippen LogP contribution in [0.1, 0.15) is 34.2 Å². The molecule has 0 unspecified atom stereocenters. The Balaban J connectivity index is 0.00000171. The molecule has 31 heavy (non-hydrogen) atoms. The first kappa shape index (κ1) is 24.9. The molecule has 0 saturated heterocycles. The summed E-state index contributed by atoms with van der Waals surface area (Å²) in [6.45, 7) is 8.41. The van der Waals surface area contributed by atoms with Crippen LogP contribution in [0.15, 0.2) is 66.7 Å². The van der Waals surface area contributed by atoms with Crippen molar-refractivity contribution in [1.82, 2.24) is 4.98 Å². The lowest BCUT2D eigenvalue weighted by atomic mass is 10.1. The summed E-state index contributed by atoms with van der Waals surface area (Å²) in [5.41, 5.74) is 7.48. The Morgan fingerprint density at radius 1 is 0.871 bits per heavy atom. The molecule has 5 heteroatoms. The molecule has 0 amide bonds. The number of halogens is 2. The van der Waals surface area contributed by atoms with Crippen LogP contribution in [0.5, 0.6) is 0 Å². The number of nitrogens with zero attached hydrogens (tertiary/aromatic N) is 2. The smallest absolute Gasteiger partial charge is 0.117 e. The van der Waals surface area contributed by atoms with Gasteiger partial charge in [0, 0.05) is 18.8 Å². The molecule has 4 aromatic rings. The Hall–Kier alpha value is -2.33. The minimum Gasteiger partial charge on any atom is -0.367 e. The number of anilines is 1. The third-order valence-corrected chi connectivity index (χ3v) is 6.28. The molecule has 0 bridgehead atoms. The predicted molar refractivity (Wildman–Crippen MR) is 142 cm³/mol. The van der Waals surface area contributed by atoms with E-state index in [-0.39, 0.29) is 24.8 Å². The van der Waals surface area contributed by atoms with Crippen LogP contribution in [0.3, 0.4) is 0 Å². The van der Waals surface area contributed by atoms with Gasteiger partial charge in [-0.25, -0.2) is 4.98 Å². The lowest BCUT2D eigenvalue weighted by Crippen LogP contribution is -2.21. The van der Waals surface area contributed by atoms with E-state index in [1.165, 1.54) is 32.6 Å². The van der Waals surface area contributed by atoms with Gasteiger partial charge in [-0.05, 0) is 73.4 Å². The van der Waals surface area contributed by atoms with E-state index in [1.807, 2.05) is 0 Å². The van der Waals surface area contributed by atoms with Gasteiger partial charge in [0.1, 0.15) is 5.01 Å². The molecule has 0 saturated carbocycles. The quantitative estimate of drug-likeness (QED) is 0.284. The van der Waals surface area contributed by atoms with Crippen molar-refractivity contribution in [3.05, 3.63) is 94.0 Å². The number of aryl methyl sites for hydroxylation is 2. The number of hydrogen-bond acceptors (Lipinski definition) is 3. The number of fused-ring (bicyclic) bond motifs is 1. The summed E-state index contributed by atoms with van der Waals surface area (Å²) in [4.78, 5) is 7.15. The number of rotatable bonds is 6. The SMILES string of the molecule is CCN(Cc1ccccc1)c1ccc(C=Cc2nc3cc(C)c(C)cc3s2)cc1.Cl.Cl. The van der Waals surface area contributed by atoms with Gasteiger partial charge in [-0.2, -0.15) is 0 Å². The van der Waals surface area contributed by atoms with Gasteiger partial charge in [0.05, 0.1) is 10.2 Å². The van der Waals surface area contributed by atoms with Crippen molar-refractivity contribution in [3.8, 4) is 0 Å². The molecule has 0 radical (unpaired) electrons. The fraction of sp³-hybridized carbons (Fsp3) is 0.192. The second-order valence-corrected chi connectivity index (χ2v) is 8.44. The van der Waals surface area contributed by atoms with E-state index >= 15 is 0 Å². The van der Waals surface area contributed by atoms with Crippen molar-refractivity contribution in [2.24, 2.45) is 0 Å². The van der Waals surface area contributed by atoms with E-state index in [4.69, 9.17) is 4.98 Å². The highest BCUT2D eigenvalue weighted by Crippen LogP contribution is 2.27. The number of aromatic nitrogens is 1. The van der Waals surface area contributed by atoms with E-state index in [0.717, 1.165) is 23.6 Å². The minimum absolute atomic E-state index is 0. The Morgan fingerprint density at radius 3 is 2.23 bits per heavy atom. The average molecular weight is 471 g/mol. The summed E-state index contributed by atoms with van der Waals surface area (Å²) in [6.07, 6.45) is 4.26. The van der Waals surface area contributed by atoms with Gasteiger partial charge in [-0.1, -0.05) is 48.5 Å². The lowest BCUT2D eigenvalue weighted by Gasteiger charge is -2.23. The monoisotopic (exact) mass is 470 g/mol. The maximum absolute atomic E-state index is 4.76. The van der Waals surface area contributed by atoms with E-state index in [9.17, 15) is 0 Å². The van der Waals surface area contributed by atoms with Crippen molar-refractivity contribution >= 4 is 64.2 Å². The topological polar surface area (TPSA) is 16.1 Å². The summed E-state index contributed by atoms with van der Waals surface area (Å²) in [5.74, 6) is 0. The van der Waals surface area contributed by atoms with Gasteiger partial charge in [-0.15, -0.1) is 36.2 Å². The number of benzene rings is 3. The zero-order valence-electron chi connectivity index (χ0n) is 18.0. The molecular formula is C26H28Cl2N2S. The van der Waals surface area contributed by atoms with E-state index in [2.05, 4.69) is 105 Å². The fourth-order valence-corrected chi connectivity index (χ4v) is 4.37. The molecule has 0 spiro atoms.